The Hall–Kier alpha value is -0.805. The van der Waals surface area contributed by atoms with Gasteiger partial charge in [0.2, 0.25) is 0 Å². The van der Waals surface area contributed by atoms with Crippen LogP contribution < -0.4 is 0 Å². The van der Waals surface area contributed by atoms with E-state index in [4.69, 9.17) is 14.4 Å². The van der Waals surface area contributed by atoms with Crippen LogP contribution >= 0.6 is 0 Å². The topological polar surface area (TPSA) is 55.8 Å². The summed E-state index contributed by atoms with van der Waals surface area (Å²) in [6.45, 7) is 8.10. The molecule has 0 amide bonds. The Bertz CT molecular complexity index is 370. The van der Waals surface area contributed by atoms with Crippen molar-refractivity contribution in [2.75, 3.05) is 0 Å². The summed E-state index contributed by atoms with van der Waals surface area (Å²) in [6, 6.07) is 0. The predicted molar refractivity (Wildman–Crippen MR) is 69.1 cm³/mol. The molecule has 2 aliphatic rings. The Balaban J connectivity index is 2.06. The van der Waals surface area contributed by atoms with E-state index in [2.05, 4.69) is 0 Å². The first-order valence-electron chi connectivity index (χ1n) is 6.50. The number of carboxylic acids is 1. The molecular weight excluding hydrogens is 231 g/mol. The van der Waals surface area contributed by atoms with Crippen molar-refractivity contribution in [3.63, 3.8) is 0 Å². The molecule has 4 nitrogen and oxygen atoms in total. The SMILES string of the molecule is CC1(C)OB(C2=CCC(C(=O)O)CC2)OC1(C)C. The van der Waals surface area contributed by atoms with Gasteiger partial charge in [-0.3, -0.25) is 4.79 Å². The summed E-state index contributed by atoms with van der Waals surface area (Å²) < 4.78 is 11.9. The van der Waals surface area contributed by atoms with Gasteiger partial charge < -0.3 is 14.4 Å². The standard InChI is InChI=1S/C13H21BO4/c1-12(2)13(3,4)18-14(17-12)10-7-5-9(6-8-10)11(15)16/h7,9H,5-6,8H2,1-4H3,(H,15,16). The summed E-state index contributed by atoms with van der Waals surface area (Å²) in [5, 5.41) is 8.96. The molecule has 0 radical (unpaired) electrons. The van der Waals surface area contributed by atoms with Gasteiger partial charge in [0.25, 0.3) is 0 Å². The van der Waals surface area contributed by atoms with Crippen molar-refractivity contribution in [1.29, 1.82) is 0 Å². The lowest BCUT2D eigenvalue weighted by atomic mass is 9.70. The van der Waals surface area contributed by atoms with E-state index >= 15 is 0 Å². The van der Waals surface area contributed by atoms with Gasteiger partial charge in [0.05, 0.1) is 17.1 Å². The number of hydrogen-bond acceptors (Lipinski definition) is 3. The van der Waals surface area contributed by atoms with Crippen molar-refractivity contribution >= 4 is 13.1 Å². The molecule has 1 unspecified atom stereocenters. The van der Waals surface area contributed by atoms with Crippen LogP contribution in [0.5, 0.6) is 0 Å². The van der Waals surface area contributed by atoms with Crippen molar-refractivity contribution in [2.24, 2.45) is 5.92 Å². The second-order valence-corrected chi connectivity index (χ2v) is 6.18. The first-order chi connectivity index (χ1) is 8.23. The first-order valence-corrected chi connectivity index (χ1v) is 6.50. The third-order valence-corrected chi connectivity index (χ3v) is 4.35. The highest BCUT2D eigenvalue weighted by molar-refractivity contribution is 6.54. The Morgan fingerprint density at radius 3 is 2.28 bits per heavy atom. The summed E-state index contributed by atoms with van der Waals surface area (Å²) in [7, 11) is -0.315. The average molecular weight is 252 g/mol. The normalized spacial score (nSPS) is 30.1. The zero-order valence-electron chi connectivity index (χ0n) is 11.5. The molecular formula is C13H21BO4. The Labute approximate surface area is 108 Å². The minimum Gasteiger partial charge on any atom is -0.481 e. The molecule has 18 heavy (non-hydrogen) atoms. The Morgan fingerprint density at radius 2 is 1.89 bits per heavy atom. The van der Waals surface area contributed by atoms with Crippen molar-refractivity contribution in [1.82, 2.24) is 0 Å². The van der Waals surface area contributed by atoms with E-state index in [0.717, 1.165) is 11.9 Å². The molecule has 0 spiro atoms. The molecule has 0 bridgehead atoms. The van der Waals surface area contributed by atoms with E-state index in [9.17, 15) is 4.79 Å². The first kappa shape index (κ1) is 13.6. The molecule has 0 aromatic rings. The molecule has 1 heterocycles. The predicted octanol–water partition coefficient (Wildman–Crippen LogP) is 2.43. The van der Waals surface area contributed by atoms with Crippen LogP contribution in [0.15, 0.2) is 11.5 Å². The molecule has 1 saturated heterocycles. The van der Waals surface area contributed by atoms with Crippen LogP contribution in [0.2, 0.25) is 0 Å². The van der Waals surface area contributed by atoms with Gasteiger partial charge in [0.1, 0.15) is 0 Å². The van der Waals surface area contributed by atoms with Gasteiger partial charge in [-0.15, -0.1) is 0 Å². The minimum atomic E-state index is -0.709. The monoisotopic (exact) mass is 252 g/mol. The number of carbonyl (C=O) groups is 1. The van der Waals surface area contributed by atoms with Gasteiger partial charge in [0, 0.05) is 0 Å². The maximum Gasteiger partial charge on any atom is 0.490 e. The summed E-state index contributed by atoms with van der Waals surface area (Å²) in [5.74, 6) is -0.963. The van der Waals surface area contributed by atoms with Gasteiger partial charge in [-0.05, 0) is 52.4 Å². The van der Waals surface area contributed by atoms with Crippen LogP contribution in [-0.4, -0.2) is 29.4 Å². The van der Waals surface area contributed by atoms with Gasteiger partial charge in [-0.25, -0.2) is 0 Å². The van der Waals surface area contributed by atoms with Gasteiger partial charge in [-0.1, -0.05) is 6.08 Å². The fourth-order valence-corrected chi connectivity index (χ4v) is 2.29. The third-order valence-electron chi connectivity index (χ3n) is 4.35. The lowest BCUT2D eigenvalue weighted by molar-refractivity contribution is -0.141. The van der Waals surface area contributed by atoms with Crippen LogP contribution in [0.25, 0.3) is 0 Å². The highest BCUT2D eigenvalue weighted by atomic mass is 16.7. The van der Waals surface area contributed by atoms with E-state index in [0.29, 0.717) is 12.8 Å². The van der Waals surface area contributed by atoms with Crippen LogP contribution in [0.4, 0.5) is 0 Å². The van der Waals surface area contributed by atoms with Crippen molar-refractivity contribution in [3.8, 4) is 0 Å². The van der Waals surface area contributed by atoms with E-state index in [1.54, 1.807) is 0 Å². The molecule has 0 aromatic carbocycles. The van der Waals surface area contributed by atoms with E-state index in [-0.39, 0.29) is 24.2 Å². The van der Waals surface area contributed by atoms with Crippen molar-refractivity contribution in [3.05, 3.63) is 11.5 Å². The van der Waals surface area contributed by atoms with Crippen molar-refractivity contribution < 1.29 is 19.2 Å². The zero-order valence-corrected chi connectivity index (χ0v) is 11.5. The summed E-state index contributed by atoms with van der Waals surface area (Å²) in [5.41, 5.74) is 0.427. The maximum absolute atomic E-state index is 10.9. The summed E-state index contributed by atoms with van der Waals surface area (Å²) in [4.78, 5) is 10.9. The van der Waals surface area contributed by atoms with Gasteiger partial charge in [-0.2, -0.15) is 0 Å². The van der Waals surface area contributed by atoms with Crippen LogP contribution in [0, 0.1) is 5.92 Å². The Kier molecular flexibility index (Phi) is 3.32. The quantitative estimate of drug-likeness (QED) is 0.767. The number of carboxylic acid groups (broad SMARTS) is 1. The molecule has 0 aromatic heterocycles. The van der Waals surface area contributed by atoms with Crippen LogP contribution in [-0.2, 0) is 14.1 Å². The summed E-state index contributed by atoms with van der Waals surface area (Å²) >= 11 is 0. The lowest BCUT2D eigenvalue weighted by Crippen LogP contribution is -2.41. The van der Waals surface area contributed by atoms with Crippen LogP contribution in [0.3, 0.4) is 0 Å². The number of allylic oxidation sites excluding steroid dienone is 2. The fourth-order valence-electron chi connectivity index (χ4n) is 2.29. The molecule has 0 saturated carbocycles. The molecule has 100 valence electrons. The van der Waals surface area contributed by atoms with E-state index in [1.165, 1.54) is 0 Å². The molecule has 1 N–H and O–H groups in total. The smallest absolute Gasteiger partial charge is 0.481 e. The number of hydrogen-bond donors (Lipinski definition) is 1. The second kappa shape index (κ2) is 4.39. The third kappa shape index (κ3) is 2.34. The highest BCUT2D eigenvalue weighted by Crippen LogP contribution is 2.40. The number of rotatable bonds is 2. The Morgan fingerprint density at radius 1 is 1.33 bits per heavy atom. The lowest BCUT2D eigenvalue weighted by Gasteiger charge is -2.32. The second-order valence-electron chi connectivity index (χ2n) is 6.18. The van der Waals surface area contributed by atoms with Crippen LogP contribution in [0.1, 0.15) is 47.0 Å². The number of aliphatic carboxylic acids is 1. The fraction of sp³-hybridized carbons (Fsp3) is 0.769. The van der Waals surface area contributed by atoms with E-state index < -0.39 is 5.97 Å². The van der Waals surface area contributed by atoms with Crippen molar-refractivity contribution in [2.45, 2.75) is 58.2 Å². The molecule has 1 atom stereocenters. The highest BCUT2D eigenvalue weighted by Gasteiger charge is 2.52. The zero-order chi connectivity index (χ0) is 13.6. The maximum atomic E-state index is 10.9. The molecule has 5 heteroatoms. The minimum absolute atomic E-state index is 0.254. The largest absolute Gasteiger partial charge is 0.490 e. The molecule has 1 aliphatic carbocycles. The molecule has 1 fully saturated rings. The average Bonchev–Trinajstić information content (AvgIpc) is 2.48. The molecule has 2 rings (SSSR count). The van der Waals surface area contributed by atoms with Gasteiger partial charge >= 0.3 is 13.1 Å². The molecule has 1 aliphatic heterocycles. The van der Waals surface area contributed by atoms with Gasteiger partial charge in [0.15, 0.2) is 0 Å². The summed E-state index contributed by atoms with van der Waals surface area (Å²) in [6.07, 6.45) is 3.97. The van der Waals surface area contributed by atoms with E-state index in [1.807, 2.05) is 33.8 Å².